The van der Waals surface area contributed by atoms with Crippen LogP contribution in [0.5, 0.6) is 5.75 Å². The molecular formula is C20H23NO6S. The Morgan fingerprint density at radius 2 is 1.64 bits per heavy atom. The van der Waals surface area contributed by atoms with Gasteiger partial charge >= 0.3 is 16.1 Å². The molecule has 0 saturated heterocycles. The fraction of sp³-hybridized carbons (Fsp3) is 0.300. The van der Waals surface area contributed by atoms with E-state index in [1.807, 2.05) is 30.3 Å². The number of hydrogen-bond donors (Lipinski definition) is 1. The average Bonchev–Trinajstić information content (AvgIpc) is 2.64. The Hall–Kier alpha value is -2.87. The van der Waals surface area contributed by atoms with E-state index in [1.165, 1.54) is 19.1 Å². The highest BCUT2D eigenvalue weighted by atomic mass is 32.2. The summed E-state index contributed by atoms with van der Waals surface area (Å²) in [4.78, 5) is 23.8. The van der Waals surface area contributed by atoms with E-state index in [1.54, 1.807) is 12.1 Å². The Kier molecular flexibility index (Phi) is 7.57. The van der Waals surface area contributed by atoms with E-state index in [0.717, 1.165) is 17.4 Å². The van der Waals surface area contributed by atoms with Gasteiger partial charge in [0.2, 0.25) is 5.91 Å². The molecule has 28 heavy (non-hydrogen) atoms. The highest BCUT2D eigenvalue weighted by Crippen LogP contribution is 2.17. The predicted octanol–water partition coefficient (Wildman–Crippen LogP) is 2.06. The molecule has 0 bridgehead atoms. The highest BCUT2D eigenvalue weighted by molar-refractivity contribution is 7.86. The van der Waals surface area contributed by atoms with E-state index in [4.69, 9.17) is 8.92 Å². The number of ether oxygens (including phenoxy) is 1. The molecule has 8 heteroatoms. The monoisotopic (exact) mass is 405 g/mol. The second kappa shape index (κ2) is 9.89. The summed E-state index contributed by atoms with van der Waals surface area (Å²) in [5.41, 5.74) is 1.66. The molecule has 0 radical (unpaired) electrons. The van der Waals surface area contributed by atoms with Crippen molar-refractivity contribution >= 4 is 22.0 Å². The van der Waals surface area contributed by atoms with Crippen molar-refractivity contribution in [3.8, 4) is 5.75 Å². The number of carbonyl (C=O) groups excluding carboxylic acids is 2. The minimum Gasteiger partial charge on any atom is -0.461 e. The highest BCUT2D eigenvalue weighted by Gasteiger charge is 2.21. The first-order valence-electron chi connectivity index (χ1n) is 8.66. The van der Waals surface area contributed by atoms with Crippen LogP contribution < -0.4 is 9.50 Å². The molecule has 0 heterocycles. The molecule has 0 saturated carbocycles. The number of hydrogen-bond acceptors (Lipinski definition) is 6. The van der Waals surface area contributed by atoms with Crippen LogP contribution in [-0.4, -0.2) is 33.1 Å². The van der Waals surface area contributed by atoms with Crippen LogP contribution in [0.1, 0.15) is 18.1 Å². The third-order valence-electron chi connectivity index (χ3n) is 3.81. The van der Waals surface area contributed by atoms with Crippen molar-refractivity contribution < 1.29 is 26.9 Å². The molecule has 1 unspecified atom stereocenters. The van der Waals surface area contributed by atoms with E-state index < -0.39 is 22.0 Å². The first-order valence-corrected chi connectivity index (χ1v) is 10.5. The van der Waals surface area contributed by atoms with Crippen molar-refractivity contribution in [2.75, 3.05) is 12.8 Å². The summed E-state index contributed by atoms with van der Waals surface area (Å²) in [6.07, 6.45) is 1.29. The molecule has 1 atom stereocenters. The van der Waals surface area contributed by atoms with Gasteiger partial charge < -0.3 is 14.2 Å². The molecule has 0 spiro atoms. The summed E-state index contributed by atoms with van der Waals surface area (Å²) >= 11 is 0. The first kappa shape index (κ1) is 21.4. The lowest BCUT2D eigenvalue weighted by Crippen LogP contribution is -2.33. The Morgan fingerprint density at radius 1 is 1.00 bits per heavy atom. The molecule has 0 fully saturated rings. The van der Waals surface area contributed by atoms with E-state index in [2.05, 4.69) is 5.32 Å². The van der Waals surface area contributed by atoms with Crippen LogP contribution in [0.15, 0.2) is 54.6 Å². The standard InChI is InChI=1S/C20H23NO6S/c1-15(22)21-13-18(20(23)26-14-17-6-4-3-5-7-17)12-16-8-10-19(11-9-16)27-28(2,24)25/h3-11,18H,12-14H2,1-2H3,(H,21,22). The maximum Gasteiger partial charge on any atom is 0.311 e. The summed E-state index contributed by atoms with van der Waals surface area (Å²) in [5.74, 6) is -1.04. The third-order valence-corrected chi connectivity index (χ3v) is 4.30. The zero-order valence-electron chi connectivity index (χ0n) is 15.8. The molecule has 150 valence electrons. The lowest BCUT2D eigenvalue weighted by molar-refractivity contribution is -0.149. The smallest absolute Gasteiger partial charge is 0.311 e. The van der Waals surface area contributed by atoms with Crippen molar-refractivity contribution in [3.63, 3.8) is 0 Å². The molecule has 1 N–H and O–H groups in total. The molecular weight excluding hydrogens is 382 g/mol. The fourth-order valence-electron chi connectivity index (χ4n) is 2.49. The maximum atomic E-state index is 12.5. The summed E-state index contributed by atoms with van der Waals surface area (Å²) < 4.78 is 32.5. The SMILES string of the molecule is CC(=O)NCC(Cc1ccc(OS(C)(=O)=O)cc1)C(=O)OCc1ccccc1. The van der Waals surface area contributed by atoms with E-state index in [9.17, 15) is 18.0 Å². The molecule has 2 aromatic carbocycles. The van der Waals surface area contributed by atoms with Gasteiger partial charge in [-0.3, -0.25) is 9.59 Å². The second-order valence-corrected chi connectivity index (χ2v) is 7.94. The molecule has 0 aliphatic heterocycles. The van der Waals surface area contributed by atoms with Crippen LogP contribution in [0.25, 0.3) is 0 Å². The molecule has 2 aromatic rings. The van der Waals surface area contributed by atoms with Crippen LogP contribution in [0, 0.1) is 5.92 Å². The minimum absolute atomic E-state index is 0.143. The van der Waals surface area contributed by atoms with Gasteiger partial charge in [-0.25, -0.2) is 0 Å². The number of benzene rings is 2. The Bertz CT molecular complexity index is 894. The van der Waals surface area contributed by atoms with E-state index in [0.29, 0.717) is 6.42 Å². The molecule has 2 rings (SSSR count). The Balaban J connectivity index is 2.03. The fourth-order valence-corrected chi connectivity index (χ4v) is 2.95. The first-order chi connectivity index (χ1) is 13.2. The number of rotatable bonds is 9. The van der Waals surface area contributed by atoms with Gasteiger partial charge in [0.25, 0.3) is 0 Å². The summed E-state index contributed by atoms with van der Waals surface area (Å²) in [5, 5.41) is 2.64. The van der Waals surface area contributed by atoms with E-state index >= 15 is 0 Å². The van der Waals surface area contributed by atoms with E-state index in [-0.39, 0.29) is 24.8 Å². The number of amides is 1. The van der Waals surface area contributed by atoms with Gasteiger partial charge in [-0.2, -0.15) is 8.42 Å². The number of esters is 1. The van der Waals surface area contributed by atoms with Crippen LogP contribution in [0.4, 0.5) is 0 Å². The van der Waals surface area contributed by atoms with Gasteiger partial charge in [0.05, 0.1) is 12.2 Å². The zero-order valence-corrected chi connectivity index (χ0v) is 16.6. The number of nitrogens with one attached hydrogen (secondary N) is 1. The summed E-state index contributed by atoms with van der Waals surface area (Å²) in [6.45, 7) is 1.67. The quantitative estimate of drug-likeness (QED) is 0.506. The third kappa shape index (κ3) is 7.79. The van der Waals surface area contributed by atoms with Gasteiger partial charge in [-0.05, 0) is 29.7 Å². The minimum atomic E-state index is -3.60. The zero-order chi connectivity index (χ0) is 20.6. The van der Waals surface area contributed by atoms with Gasteiger partial charge in [0.1, 0.15) is 12.4 Å². The Morgan fingerprint density at radius 3 is 2.21 bits per heavy atom. The van der Waals surface area contributed by atoms with Crippen LogP contribution >= 0.6 is 0 Å². The summed E-state index contributed by atoms with van der Waals surface area (Å²) in [7, 11) is -3.60. The average molecular weight is 405 g/mol. The van der Waals surface area contributed by atoms with Gasteiger partial charge in [-0.15, -0.1) is 0 Å². The lowest BCUT2D eigenvalue weighted by Gasteiger charge is -2.17. The summed E-state index contributed by atoms with van der Waals surface area (Å²) in [6, 6.07) is 15.7. The van der Waals surface area contributed by atoms with Crippen molar-refractivity contribution in [1.29, 1.82) is 0 Å². The van der Waals surface area contributed by atoms with Gasteiger partial charge in [-0.1, -0.05) is 42.5 Å². The molecule has 0 aliphatic rings. The van der Waals surface area contributed by atoms with Gasteiger partial charge in [0.15, 0.2) is 0 Å². The number of carbonyl (C=O) groups is 2. The van der Waals surface area contributed by atoms with Gasteiger partial charge in [0, 0.05) is 13.5 Å². The van der Waals surface area contributed by atoms with Crippen LogP contribution in [-0.2, 0) is 37.5 Å². The lowest BCUT2D eigenvalue weighted by atomic mass is 9.99. The maximum absolute atomic E-state index is 12.5. The van der Waals surface area contributed by atoms with Crippen LogP contribution in [0.3, 0.4) is 0 Å². The van der Waals surface area contributed by atoms with Crippen molar-refractivity contribution in [1.82, 2.24) is 5.32 Å². The van der Waals surface area contributed by atoms with Crippen molar-refractivity contribution in [2.45, 2.75) is 20.0 Å². The Labute approximate surface area is 164 Å². The van der Waals surface area contributed by atoms with Crippen molar-refractivity contribution in [3.05, 3.63) is 65.7 Å². The molecule has 0 aromatic heterocycles. The second-order valence-electron chi connectivity index (χ2n) is 6.36. The van der Waals surface area contributed by atoms with Crippen molar-refractivity contribution in [2.24, 2.45) is 5.92 Å². The topological polar surface area (TPSA) is 98.8 Å². The predicted molar refractivity (Wildman–Crippen MR) is 104 cm³/mol. The molecule has 1 amide bonds. The normalized spacial score (nSPS) is 12.1. The van der Waals surface area contributed by atoms with Crippen LogP contribution in [0.2, 0.25) is 0 Å². The molecule has 0 aliphatic carbocycles. The molecule has 7 nitrogen and oxygen atoms in total. The largest absolute Gasteiger partial charge is 0.461 e.